The van der Waals surface area contributed by atoms with Crippen molar-refractivity contribution in [2.75, 3.05) is 26.2 Å². The van der Waals surface area contributed by atoms with Crippen molar-refractivity contribution in [1.82, 2.24) is 15.2 Å². The molecule has 1 amide bonds. The number of likely N-dealkylation sites (tertiary alicyclic amines) is 1. The first-order chi connectivity index (χ1) is 11.0. The fourth-order valence-corrected chi connectivity index (χ4v) is 3.34. The van der Waals surface area contributed by atoms with Crippen LogP contribution < -0.4 is 10.9 Å². The van der Waals surface area contributed by atoms with Crippen molar-refractivity contribution < 1.29 is 4.79 Å². The molecule has 128 valence electrons. The van der Waals surface area contributed by atoms with Gasteiger partial charge in [-0.3, -0.25) is 9.59 Å². The predicted molar refractivity (Wildman–Crippen MR) is 93.0 cm³/mol. The third-order valence-electron chi connectivity index (χ3n) is 4.18. The number of rotatable bonds is 6. The van der Waals surface area contributed by atoms with Gasteiger partial charge in [-0.05, 0) is 43.7 Å². The van der Waals surface area contributed by atoms with Gasteiger partial charge in [0.05, 0.1) is 5.02 Å². The van der Waals surface area contributed by atoms with E-state index in [2.05, 4.69) is 29.0 Å². The van der Waals surface area contributed by atoms with E-state index >= 15 is 0 Å². The van der Waals surface area contributed by atoms with Crippen LogP contribution in [0.2, 0.25) is 5.02 Å². The lowest BCUT2D eigenvalue weighted by atomic mass is 9.94. The summed E-state index contributed by atoms with van der Waals surface area (Å²) in [5, 5.41) is 3.19. The van der Waals surface area contributed by atoms with Crippen LogP contribution in [0.3, 0.4) is 0 Å². The molecule has 1 saturated heterocycles. The summed E-state index contributed by atoms with van der Waals surface area (Å²) in [5.41, 5.74) is -0.338. The summed E-state index contributed by atoms with van der Waals surface area (Å²) >= 11 is 5.82. The molecule has 1 aliphatic rings. The minimum absolute atomic E-state index is 0.0718. The molecule has 0 aromatic carbocycles. The monoisotopic (exact) mass is 339 g/mol. The van der Waals surface area contributed by atoms with Gasteiger partial charge in [-0.1, -0.05) is 25.4 Å². The fraction of sp³-hybridized carbons (Fsp3) is 0.647. The second kappa shape index (κ2) is 8.50. The van der Waals surface area contributed by atoms with Gasteiger partial charge in [0, 0.05) is 25.8 Å². The Morgan fingerprint density at radius 2 is 2.30 bits per heavy atom. The quantitative estimate of drug-likeness (QED) is 0.837. The standard InChI is InChI=1S/C17H26ClN3O2/c1-12(2)10-21-7-3-4-13(11-21)5-6-19-16(22)15-8-14(18)9-20-17(15)23/h8-9,12-13H,3-7,10-11H2,1-2H3,(H,19,22)(H,20,23)/t13-/m1/s1. The highest BCUT2D eigenvalue weighted by Gasteiger charge is 2.20. The summed E-state index contributed by atoms with van der Waals surface area (Å²) in [5.74, 6) is 0.937. The van der Waals surface area contributed by atoms with Crippen LogP contribution in [0.5, 0.6) is 0 Å². The number of amides is 1. The van der Waals surface area contributed by atoms with Crippen LogP contribution in [-0.2, 0) is 0 Å². The minimum atomic E-state index is -0.410. The number of aromatic nitrogens is 1. The maximum atomic E-state index is 12.1. The zero-order chi connectivity index (χ0) is 16.8. The second-order valence-electron chi connectivity index (χ2n) is 6.77. The number of H-pyrrole nitrogens is 1. The molecular formula is C17H26ClN3O2. The Morgan fingerprint density at radius 1 is 1.52 bits per heavy atom. The van der Waals surface area contributed by atoms with E-state index in [0.29, 0.717) is 23.4 Å². The van der Waals surface area contributed by atoms with Crippen LogP contribution in [0.25, 0.3) is 0 Å². The van der Waals surface area contributed by atoms with E-state index in [1.165, 1.54) is 31.6 Å². The molecule has 0 bridgehead atoms. The average Bonchev–Trinajstić information content (AvgIpc) is 2.49. The molecule has 0 aliphatic carbocycles. The van der Waals surface area contributed by atoms with Crippen LogP contribution in [-0.4, -0.2) is 42.0 Å². The third kappa shape index (κ3) is 5.66. The average molecular weight is 340 g/mol. The fourth-order valence-electron chi connectivity index (χ4n) is 3.18. The van der Waals surface area contributed by atoms with E-state index in [-0.39, 0.29) is 11.5 Å². The van der Waals surface area contributed by atoms with Crippen molar-refractivity contribution in [3.63, 3.8) is 0 Å². The van der Waals surface area contributed by atoms with Crippen LogP contribution in [0.1, 0.15) is 43.5 Å². The molecule has 0 saturated carbocycles. The van der Waals surface area contributed by atoms with Gasteiger partial charge < -0.3 is 15.2 Å². The highest BCUT2D eigenvalue weighted by atomic mass is 35.5. The van der Waals surface area contributed by atoms with Crippen LogP contribution >= 0.6 is 11.6 Å². The van der Waals surface area contributed by atoms with Crippen molar-refractivity contribution in [2.45, 2.75) is 33.1 Å². The smallest absolute Gasteiger partial charge is 0.260 e. The van der Waals surface area contributed by atoms with Crippen molar-refractivity contribution >= 4 is 17.5 Å². The SMILES string of the molecule is CC(C)CN1CCC[C@H](CCNC(=O)c2cc(Cl)c[nH]c2=O)C1. The molecule has 2 rings (SSSR count). The molecule has 2 N–H and O–H groups in total. The number of carbonyl (C=O) groups is 1. The summed E-state index contributed by atoms with van der Waals surface area (Å²) in [6.45, 7) is 8.50. The first-order valence-electron chi connectivity index (χ1n) is 8.34. The van der Waals surface area contributed by atoms with Gasteiger partial charge in [0.25, 0.3) is 11.5 Å². The molecule has 0 radical (unpaired) electrons. The predicted octanol–water partition coefficient (Wildman–Crippen LogP) is 2.52. The minimum Gasteiger partial charge on any atom is -0.352 e. The molecule has 1 fully saturated rings. The van der Waals surface area contributed by atoms with Gasteiger partial charge in [-0.25, -0.2) is 0 Å². The summed E-state index contributed by atoms with van der Waals surface area (Å²) in [4.78, 5) is 28.7. The van der Waals surface area contributed by atoms with Crippen molar-refractivity contribution in [1.29, 1.82) is 0 Å². The van der Waals surface area contributed by atoms with Crippen molar-refractivity contribution in [3.05, 3.63) is 33.2 Å². The van der Waals surface area contributed by atoms with E-state index in [0.717, 1.165) is 19.5 Å². The zero-order valence-electron chi connectivity index (χ0n) is 13.9. The Labute approximate surface area is 142 Å². The summed E-state index contributed by atoms with van der Waals surface area (Å²) in [6, 6.07) is 1.40. The molecule has 1 atom stereocenters. The lowest BCUT2D eigenvalue weighted by Crippen LogP contribution is -2.39. The van der Waals surface area contributed by atoms with E-state index in [4.69, 9.17) is 11.6 Å². The van der Waals surface area contributed by atoms with Gasteiger partial charge >= 0.3 is 0 Å². The number of nitrogens with zero attached hydrogens (tertiary/aromatic N) is 1. The zero-order valence-corrected chi connectivity index (χ0v) is 14.7. The van der Waals surface area contributed by atoms with Gasteiger partial charge in [-0.2, -0.15) is 0 Å². The van der Waals surface area contributed by atoms with E-state index in [9.17, 15) is 9.59 Å². The molecule has 23 heavy (non-hydrogen) atoms. The van der Waals surface area contributed by atoms with E-state index < -0.39 is 5.56 Å². The summed E-state index contributed by atoms with van der Waals surface area (Å²) in [6.07, 6.45) is 4.76. The van der Waals surface area contributed by atoms with Crippen LogP contribution in [0.4, 0.5) is 0 Å². The number of hydrogen-bond donors (Lipinski definition) is 2. The maximum Gasteiger partial charge on any atom is 0.260 e. The molecule has 6 heteroatoms. The maximum absolute atomic E-state index is 12.1. The second-order valence-corrected chi connectivity index (χ2v) is 7.20. The Kier molecular flexibility index (Phi) is 6.66. The molecule has 1 aromatic rings. The lowest BCUT2D eigenvalue weighted by Gasteiger charge is -2.33. The molecule has 0 unspecified atom stereocenters. The van der Waals surface area contributed by atoms with Gasteiger partial charge in [-0.15, -0.1) is 0 Å². The van der Waals surface area contributed by atoms with Gasteiger partial charge in [0.15, 0.2) is 0 Å². The normalized spacial score (nSPS) is 19.0. The third-order valence-corrected chi connectivity index (χ3v) is 4.40. The largest absolute Gasteiger partial charge is 0.352 e. The molecule has 2 heterocycles. The van der Waals surface area contributed by atoms with E-state index in [1.807, 2.05) is 0 Å². The number of nitrogens with one attached hydrogen (secondary N) is 2. The Balaban J connectivity index is 1.79. The number of piperidine rings is 1. The number of hydrogen-bond acceptors (Lipinski definition) is 3. The first-order valence-corrected chi connectivity index (χ1v) is 8.72. The van der Waals surface area contributed by atoms with Crippen LogP contribution in [0.15, 0.2) is 17.1 Å². The lowest BCUT2D eigenvalue weighted by molar-refractivity contribution is 0.0944. The first kappa shape index (κ1) is 18.0. The van der Waals surface area contributed by atoms with Crippen LogP contribution in [0, 0.1) is 11.8 Å². The highest BCUT2D eigenvalue weighted by molar-refractivity contribution is 6.30. The highest BCUT2D eigenvalue weighted by Crippen LogP contribution is 2.20. The van der Waals surface area contributed by atoms with Crippen molar-refractivity contribution in [2.24, 2.45) is 11.8 Å². The summed E-state index contributed by atoms with van der Waals surface area (Å²) < 4.78 is 0. The molecule has 5 nitrogen and oxygen atoms in total. The molecule has 0 spiro atoms. The van der Waals surface area contributed by atoms with Crippen molar-refractivity contribution in [3.8, 4) is 0 Å². The number of pyridine rings is 1. The van der Waals surface area contributed by atoms with E-state index in [1.54, 1.807) is 0 Å². The molecule has 1 aliphatic heterocycles. The summed E-state index contributed by atoms with van der Waals surface area (Å²) in [7, 11) is 0. The topological polar surface area (TPSA) is 65.2 Å². The number of halogens is 1. The number of aromatic amines is 1. The Hall–Kier alpha value is -1.33. The Morgan fingerprint density at radius 3 is 3.04 bits per heavy atom. The van der Waals surface area contributed by atoms with Gasteiger partial charge in [0.1, 0.15) is 5.56 Å². The molecule has 1 aromatic heterocycles. The number of carbonyl (C=O) groups excluding carboxylic acids is 1. The Bertz CT molecular complexity index is 585. The van der Waals surface area contributed by atoms with Gasteiger partial charge in [0.2, 0.25) is 0 Å². The molecular weight excluding hydrogens is 314 g/mol.